The molecule has 3 nitrogen and oxygen atoms in total. The Morgan fingerprint density at radius 2 is 1.89 bits per heavy atom. The molecule has 0 bridgehead atoms. The third-order valence-corrected chi connectivity index (χ3v) is 2.68. The van der Waals surface area contributed by atoms with E-state index in [1.165, 1.54) is 0 Å². The highest BCUT2D eigenvalue weighted by atomic mass is 16.5. The average molecular weight is 249 g/mol. The molecule has 0 aliphatic rings. The van der Waals surface area contributed by atoms with Gasteiger partial charge in [-0.05, 0) is 44.0 Å². The first-order chi connectivity index (χ1) is 8.67. The summed E-state index contributed by atoms with van der Waals surface area (Å²) in [7, 11) is 0. The minimum absolute atomic E-state index is 0.0231. The molecule has 1 unspecified atom stereocenters. The Kier molecular flexibility index (Phi) is 6.26. The topological polar surface area (TPSA) is 38.3 Å². The third-order valence-electron chi connectivity index (χ3n) is 2.68. The molecule has 0 heterocycles. The summed E-state index contributed by atoms with van der Waals surface area (Å²) in [6, 6.07) is 7.32. The van der Waals surface area contributed by atoms with E-state index in [1.54, 1.807) is 12.1 Å². The van der Waals surface area contributed by atoms with E-state index in [4.69, 9.17) is 4.74 Å². The average Bonchev–Trinajstić information content (AvgIpc) is 2.37. The van der Waals surface area contributed by atoms with Crippen LogP contribution >= 0.6 is 0 Å². The van der Waals surface area contributed by atoms with Gasteiger partial charge in [0.05, 0.1) is 6.10 Å². The van der Waals surface area contributed by atoms with Crippen LogP contribution in [0.1, 0.15) is 50.4 Å². The second kappa shape index (κ2) is 7.75. The van der Waals surface area contributed by atoms with Gasteiger partial charge in [-0.3, -0.25) is 4.79 Å². The number of ether oxygens (including phenoxy) is 1. The minimum atomic E-state index is -0.0231. The van der Waals surface area contributed by atoms with Gasteiger partial charge < -0.3 is 10.1 Å². The Morgan fingerprint density at radius 3 is 2.44 bits per heavy atom. The summed E-state index contributed by atoms with van der Waals surface area (Å²) in [6.07, 6.45) is 3.31. The van der Waals surface area contributed by atoms with Crippen LogP contribution in [0.15, 0.2) is 24.3 Å². The maximum Gasteiger partial charge on any atom is 0.251 e. The van der Waals surface area contributed by atoms with Gasteiger partial charge in [-0.25, -0.2) is 0 Å². The van der Waals surface area contributed by atoms with E-state index < -0.39 is 0 Å². The smallest absolute Gasteiger partial charge is 0.251 e. The number of nitrogens with one attached hydrogen (secondary N) is 1. The van der Waals surface area contributed by atoms with Crippen molar-refractivity contribution in [2.24, 2.45) is 0 Å². The van der Waals surface area contributed by atoms with E-state index in [0.29, 0.717) is 12.1 Å². The van der Waals surface area contributed by atoms with Crippen LogP contribution in [0.4, 0.5) is 0 Å². The van der Waals surface area contributed by atoms with Crippen molar-refractivity contribution in [3.05, 3.63) is 29.8 Å². The number of carbonyl (C=O) groups excluding carboxylic acids is 1. The quantitative estimate of drug-likeness (QED) is 0.804. The normalized spacial score (nSPS) is 11.9. The molecule has 0 saturated heterocycles. The Balaban J connectivity index is 2.54. The molecule has 0 aliphatic heterocycles. The molecule has 0 radical (unpaired) electrons. The number of carbonyl (C=O) groups is 1. The van der Waals surface area contributed by atoms with Crippen molar-refractivity contribution in [2.75, 3.05) is 6.54 Å². The van der Waals surface area contributed by atoms with Gasteiger partial charge in [-0.1, -0.05) is 20.3 Å². The first-order valence-electron chi connectivity index (χ1n) is 6.72. The minimum Gasteiger partial charge on any atom is -0.491 e. The zero-order valence-electron chi connectivity index (χ0n) is 11.5. The van der Waals surface area contributed by atoms with Crippen molar-refractivity contribution >= 4 is 5.91 Å². The van der Waals surface area contributed by atoms with Gasteiger partial charge in [-0.2, -0.15) is 0 Å². The molecular weight excluding hydrogens is 226 g/mol. The fraction of sp³-hybridized carbons (Fsp3) is 0.533. The first-order valence-corrected chi connectivity index (χ1v) is 6.72. The Hall–Kier alpha value is -1.51. The molecule has 0 spiro atoms. The van der Waals surface area contributed by atoms with Crippen molar-refractivity contribution in [3.8, 4) is 5.75 Å². The SMILES string of the molecule is CCCNC(=O)c1ccc(OC(C)CCC)cc1. The summed E-state index contributed by atoms with van der Waals surface area (Å²) in [6.45, 7) is 6.95. The molecule has 0 fully saturated rings. The number of rotatable bonds is 7. The van der Waals surface area contributed by atoms with E-state index in [1.807, 2.05) is 19.1 Å². The van der Waals surface area contributed by atoms with E-state index in [2.05, 4.69) is 19.2 Å². The predicted molar refractivity (Wildman–Crippen MR) is 74.1 cm³/mol. The van der Waals surface area contributed by atoms with Gasteiger partial charge in [0.2, 0.25) is 0 Å². The van der Waals surface area contributed by atoms with Crippen molar-refractivity contribution < 1.29 is 9.53 Å². The fourth-order valence-electron chi connectivity index (χ4n) is 1.72. The lowest BCUT2D eigenvalue weighted by Crippen LogP contribution is -2.23. The Labute approximate surface area is 110 Å². The fourth-order valence-corrected chi connectivity index (χ4v) is 1.72. The van der Waals surface area contributed by atoms with Gasteiger partial charge >= 0.3 is 0 Å². The molecule has 1 amide bonds. The van der Waals surface area contributed by atoms with E-state index in [9.17, 15) is 4.79 Å². The summed E-state index contributed by atoms with van der Waals surface area (Å²) in [5.74, 6) is 0.799. The molecule has 1 atom stereocenters. The molecule has 1 N–H and O–H groups in total. The number of amides is 1. The second-order valence-electron chi connectivity index (χ2n) is 4.50. The highest BCUT2D eigenvalue weighted by molar-refractivity contribution is 5.94. The second-order valence-corrected chi connectivity index (χ2v) is 4.50. The predicted octanol–water partition coefficient (Wildman–Crippen LogP) is 3.39. The van der Waals surface area contributed by atoms with Crippen LogP contribution in [-0.4, -0.2) is 18.6 Å². The lowest BCUT2D eigenvalue weighted by molar-refractivity contribution is 0.0953. The molecule has 100 valence electrons. The van der Waals surface area contributed by atoms with Crippen molar-refractivity contribution in [3.63, 3.8) is 0 Å². The van der Waals surface area contributed by atoms with Crippen molar-refractivity contribution in [1.82, 2.24) is 5.32 Å². The zero-order chi connectivity index (χ0) is 13.4. The molecule has 0 aliphatic carbocycles. The van der Waals surface area contributed by atoms with Crippen LogP contribution < -0.4 is 10.1 Å². The molecule has 1 aromatic carbocycles. The van der Waals surface area contributed by atoms with Crippen molar-refractivity contribution in [2.45, 2.75) is 46.1 Å². The highest BCUT2D eigenvalue weighted by Crippen LogP contribution is 2.15. The van der Waals surface area contributed by atoms with Crippen LogP contribution in [-0.2, 0) is 0 Å². The van der Waals surface area contributed by atoms with Crippen LogP contribution in [0.2, 0.25) is 0 Å². The summed E-state index contributed by atoms with van der Waals surface area (Å²) < 4.78 is 5.74. The van der Waals surface area contributed by atoms with Gasteiger partial charge in [0.1, 0.15) is 5.75 Å². The maximum absolute atomic E-state index is 11.7. The number of hydrogen-bond acceptors (Lipinski definition) is 2. The van der Waals surface area contributed by atoms with Crippen molar-refractivity contribution in [1.29, 1.82) is 0 Å². The number of hydrogen-bond donors (Lipinski definition) is 1. The molecule has 3 heteroatoms. The standard InChI is InChI=1S/C15H23NO2/c1-4-6-12(3)18-14-9-7-13(8-10-14)15(17)16-11-5-2/h7-10,12H,4-6,11H2,1-3H3,(H,16,17). The van der Waals surface area contributed by atoms with E-state index in [-0.39, 0.29) is 12.0 Å². The largest absolute Gasteiger partial charge is 0.491 e. The van der Waals surface area contributed by atoms with Gasteiger partial charge in [0, 0.05) is 12.1 Å². The Bertz CT molecular complexity index is 359. The highest BCUT2D eigenvalue weighted by Gasteiger charge is 2.06. The summed E-state index contributed by atoms with van der Waals surface area (Å²) >= 11 is 0. The molecule has 18 heavy (non-hydrogen) atoms. The van der Waals surface area contributed by atoms with Crippen LogP contribution in [0.25, 0.3) is 0 Å². The van der Waals surface area contributed by atoms with Gasteiger partial charge in [0.25, 0.3) is 5.91 Å². The van der Waals surface area contributed by atoms with E-state index in [0.717, 1.165) is 25.0 Å². The van der Waals surface area contributed by atoms with Crippen LogP contribution in [0, 0.1) is 0 Å². The van der Waals surface area contributed by atoms with Gasteiger partial charge in [-0.15, -0.1) is 0 Å². The Morgan fingerprint density at radius 1 is 1.22 bits per heavy atom. The van der Waals surface area contributed by atoms with Gasteiger partial charge in [0.15, 0.2) is 0 Å². The summed E-state index contributed by atoms with van der Waals surface area (Å²) in [5.41, 5.74) is 0.680. The molecule has 1 rings (SSSR count). The van der Waals surface area contributed by atoms with Crippen LogP contribution in [0.3, 0.4) is 0 Å². The first kappa shape index (κ1) is 14.6. The third kappa shape index (κ3) is 4.78. The molecular formula is C15H23NO2. The zero-order valence-corrected chi connectivity index (χ0v) is 11.5. The summed E-state index contributed by atoms with van der Waals surface area (Å²) in [5, 5.41) is 2.85. The molecule has 1 aromatic rings. The lowest BCUT2D eigenvalue weighted by Gasteiger charge is -2.13. The summed E-state index contributed by atoms with van der Waals surface area (Å²) in [4.78, 5) is 11.7. The number of benzene rings is 1. The van der Waals surface area contributed by atoms with E-state index >= 15 is 0 Å². The molecule has 0 saturated carbocycles. The monoisotopic (exact) mass is 249 g/mol. The molecule has 0 aromatic heterocycles. The van der Waals surface area contributed by atoms with Crippen LogP contribution in [0.5, 0.6) is 5.75 Å². The maximum atomic E-state index is 11.7. The lowest BCUT2D eigenvalue weighted by atomic mass is 10.2.